The molecular weight excluding hydrogens is 338 g/mol. The van der Waals surface area contributed by atoms with Gasteiger partial charge in [-0.15, -0.1) is 0 Å². The standard InChI is InChI=1S/C24H34ClN/c1-16-3-8-22(9-16)26-17(2)23-11-18-10-19(12-23)14-24(13-18,15-23)20-4-6-21(25)7-5-20/h4-7,16-19,22,26H,3,8-15H2,1-2H3. The van der Waals surface area contributed by atoms with Crippen LogP contribution < -0.4 is 5.32 Å². The molecule has 5 fully saturated rings. The molecule has 5 unspecified atom stereocenters. The molecule has 0 spiro atoms. The van der Waals surface area contributed by atoms with E-state index in [0.29, 0.717) is 16.9 Å². The molecule has 2 heteroatoms. The van der Waals surface area contributed by atoms with E-state index in [0.717, 1.165) is 28.8 Å². The molecule has 5 atom stereocenters. The summed E-state index contributed by atoms with van der Waals surface area (Å²) in [4.78, 5) is 0. The van der Waals surface area contributed by atoms with Crippen molar-refractivity contribution < 1.29 is 0 Å². The maximum atomic E-state index is 6.19. The first kappa shape index (κ1) is 17.6. The molecule has 1 N–H and O–H groups in total. The molecular formula is C24H34ClN. The van der Waals surface area contributed by atoms with Gasteiger partial charge in [0.25, 0.3) is 0 Å². The smallest absolute Gasteiger partial charge is 0.0406 e. The van der Waals surface area contributed by atoms with E-state index in [2.05, 4.69) is 43.4 Å². The van der Waals surface area contributed by atoms with Crippen molar-refractivity contribution in [3.05, 3.63) is 34.9 Å². The van der Waals surface area contributed by atoms with Gasteiger partial charge in [0.1, 0.15) is 0 Å². The van der Waals surface area contributed by atoms with E-state index in [9.17, 15) is 0 Å². The molecule has 26 heavy (non-hydrogen) atoms. The second kappa shape index (κ2) is 6.24. The molecule has 5 aliphatic carbocycles. The van der Waals surface area contributed by atoms with Crippen molar-refractivity contribution in [3.8, 4) is 0 Å². The molecule has 0 amide bonds. The highest BCUT2D eigenvalue weighted by Gasteiger charge is 2.59. The van der Waals surface area contributed by atoms with Gasteiger partial charge in [0.2, 0.25) is 0 Å². The molecule has 1 aromatic carbocycles. The zero-order valence-electron chi connectivity index (χ0n) is 16.4. The Kier molecular flexibility index (Phi) is 4.22. The molecule has 1 nitrogen and oxygen atoms in total. The number of nitrogens with one attached hydrogen (secondary N) is 1. The molecule has 0 saturated heterocycles. The summed E-state index contributed by atoms with van der Waals surface area (Å²) in [7, 11) is 0. The fourth-order valence-electron chi connectivity index (χ4n) is 7.87. The van der Waals surface area contributed by atoms with Gasteiger partial charge in [0.15, 0.2) is 0 Å². The number of halogens is 1. The second-order valence-electron chi connectivity index (χ2n) is 10.6. The van der Waals surface area contributed by atoms with Crippen molar-refractivity contribution in [2.75, 3.05) is 0 Å². The van der Waals surface area contributed by atoms with Crippen molar-refractivity contribution >= 4 is 11.6 Å². The number of hydrogen-bond acceptors (Lipinski definition) is 1. The van der Waals surface area contributed by atoms with Crippen molar-refractivity contribution in [3.63, 3.8) is 0 Å². The Morgan fingerprint density at radius 3 is 2.31 bits per heavy atom. The summed E-state index contributed by atoms with van der Waals surface area (Å²) in [5, 5.41) is 5.00. The first-order valence-corrected chi connectivity index (χ1v) is 11.4. The van der Waals surface area contributed by atoms with Crippen molar-refractivity contribution in [2.45, 2.75) is 89.1 Å². The lowest BCUT2D eigenvalue weighted by Crippen LogP contribution is -2.60. The molecule has 4 bridgehead atoms. The van der Waals surface area contributed by atoms with Crippen LogP contribution in [0.15, 0.2) is 24.3 Å². The highest BCUT2D eigenvalue weighted by molar-refractivity contribution is 6.30. The van der Waals surface area contributed by atoms with E-state index in [-0.39, 0.29) is 0 Å². The van der Waals surface area contributed by atoms with Gasteiger partial charge in [-0.3, -0.25) is 0 Å². The Hall–Kier alpha value is -0.530. The summed E-state index contributed by atoms with van der Waals surface area (Å²) in [6.07, 6.45) is 12.8. The Labute approximate surface area is 164 Å². The van der Waals surface area contributed by atoms with Gasteiger partial charge in [-0.25, -0.2) is 0 Å². The fraction of sp³-hybridized carbons (Fsp3) is 0.750. The average molecular weight is 372 g/mol. The summed E-state index contributed by atoms with van der Waals surface area (Å²) in [5.41, 5.74) is 2.52. The van der Waals surface area contributed by atoms with Crippen molar-refractivity contribution in [1.29, 1.82) is 0 Å². The number of benzene rings is 1. The minimum Gasteiger partial charge on any atom is -0.311 e. The topological polar surface area (TPSA) is 12.0 Å². The van der Waals surface area contributed by atoms with Gasteiger partial charge < -0.3 is 5.32 Å². The van der Waals surface area contributed by atoms with Crippen LogP contribution in [0.3, 0.4) is 0 Å². The minimum atomic E-state index is 0.424. The summed E-state index contributed by atoms with van der Waals surface area (Å²) in [6, 6.07) is 10.3. The van der Waals surface area contributed by atoms with E-state index in [4.69, 9.17) is 11.6 Å². The quantitative estimate of drug-likeness (QED) is 0.650. The zero-order valence-corrected chi connectivity index (χ0v) is 17.2. The third-order valence-corrected chi connectivity index (χ3v) is 8.91. The highest BCUT2D eigenvalue weighted by atomic mass is 35.5. The van der Waals surface area contributed by atoms with Gasteiger partial charge in [-0.1, -0.05) is 30.7 Å². The molecule has 0 radical (unpaired) electrons. The van der Waals surface area contributed by atoms with Crippen LogP contribution in [0.25, 0.3) is 0 Å². The fourth-order valence-corrected chi connectivity index (χ4v) is 8.00. The lowest BCUT2D eigenvalue weighted by atomic mass is 9.41. The largest absolute Gasteiger partial charge is 0.311 e. The van der Waals surface area contributed by atoms with Crippen LogP contribution in [0, 0.1) is 23.2 Å². The molecule has 0 aromatic heterocycles. The Morgan fingerprint density at radius 1 is 1.00 bits per heavy atom. The summed E-state index contributed by atoms with van der Waals surface area (Å²) >= 11 is 6.19. The van der Waals surface area contributed by atoms with Crippen LogP contribution in [-0.4, -0.2) is 12.1 Å². The Morgan fingerprint density at radius 2 is 1.69 bits per heavy atom. The second-order valence-corrected chi connectivity index (χ2v) is 11.1. The number of rotatable bonds is 4. The normalized spacial score (nSPS) is 45.2. The molecule has 5 saturated carbocycles. The summed E-state index contributed by atoms with van der Waals surface area (Å²) < 4.78 is 0. The van der Waals surface area contributed by atoms with Crippen LogP contribution in [0.5, 0.6) is 0 Å². The predicted molar refractivity (Wildman–Crippen MR) is 110 cm³/mol. The average Bonchev–Trinajstić information content (AvgIpc) is 2.99. The van der Waals surface area contributed by atoms with E-state index in [1.54, 1.807) is 5.56 Å². The first-order chi connectivity index (χ1) is 12.5. The molecule has 0 aliphatic heterocycles. The lowest BCUT2D eigenvalue weighted by molar-refractivity contribution is -0.0895. The molecule has 142 valence electrons. The summed E-state index contributed by atoms with van der Waals surface area (Å²) in [6.45, 7) is 4.94. The van der Waals surface area contributed by atoms with E-state index in [1.807, 2.05) is 0 Å². The third kappa shape index (κ3) is 2.85. The van der Waals surface area contributed by atoms with Crippen molar-refractivity contribution in [2.24, 2.45) is 23.2 Å². The van der Waals surface area contributed by atoms with Gasteiger partial charge in [-0.2, -0.15) is 0 Å². The van der Waals surface area contributed by atoms with Crippen LogP contribution in [0.1, 0.15) is 77.2 Å². The third-order valence-electron chi connectivity index (χ3n) is 8.66. The maximum Gasteiger partial charge on any atom is 0.0406 e. The highest BCUT2D eigenvalue weighted by Crippen LogP contribution is 2.66. The molecule has 1 aromatic rings. The van der Waals surface area contributed by atoms with E-state index < -0.39 is 0 Å². The Bertz CT molecular complexity index is 651. The zero-order chi connectivity index (χ0) is 17.9. The van der Waals surface area contributed by atoms with Crippen LogP contribution in [-0.2, 0) is 5.41 Å². The van der Waals surface area contributed by atoms with Gasteiger partial charge in [-0.05, 0) is 111 Å². The van der Waals surface area contributed by atoms with Gasteiger partial charge in [0, 0.05) is 17.1 Å². The SMILES string of the molecule is CC1CCC(NC(C)C23CC4CC(CC(c5ccc(Cl)cc5)(C4)C2)C3)C1. The van der Waals surface area contributed by atoms with Crippen LogP contribution in [0.4, 0.5) is 0 Å². The first-order valence-electron chi connectivity index (χ1n) is 11.0. The van der Waals surface area contributed by atoms with E-state index >= 15 is 0 Å². The molecule has 5 aliphatic rings. The summed E-state index contributed by atoms with van der Waals surface area (Å²) in [5.74, 6) is 2.80. The van der Waals surface area contributed by atoms with E-state index in [1.165, 1.54) is 57.8 Å². The Balaban J connectivity index is 1.42. The molecule has 6 rings (SSSR count). The maximum absolute atomic E-state index is 6.19. The number of hydrogen-bond donors (Lipinski definition) is 1. The monoisotopic (exact) mass is 371 g/mol. The van der Waals surface area contributed by atoms with Crippen LogP contribution >= 0.6 is 11.6 Å². The van der Waals surface area contributed by atoms with Crippen molar-refractivity contribution in [1.82, 2.24) is 5.32 Å². The predicted octanol–water partition coefficient (Wildman–Crippen LogP) is 6.34. The van der Waals surface area contributed by atoms with Gasteiger partial charge >= 0.3 is 0 Å². The van der Waals surface area contributed by atoms with Gasteiger partial charge in [0.05, 0.1) is 0 Å². The van der Waals surface area contributed by atoms with Crippen LogP contribution in [0.2, 0.25) is 5.02 Å². The minimum absolute atomic E-state index is 0.424. The molecule has 0 heterocycles. The lowest BCUT2D eigenvalue weighted by Gasteiger charge is -2.64.